The van der Waals surface area contributed by atoms with Crippen molar-refractivity contribution in [1.82, 2.24) is 0 Å². The van der Waals surface area contributed by atoms with Gasteiger partial charge in [0, 0.05) is 0 Å². The third-order valence-corrected chi connectivity index (χ3v) is 3.92. The van der Waals surface area contributed by atoms with E-state index in [0.717, 1.165) is 6.42 Å². The first-order chi connectivity index (χ1) is 10.8. The van der Waals surface area contributed by atoms with Gasteiger partial charge in [-0.2, -0.15) is 0 Å². The van der Waals surface area contributed by atoms with Crippen molar-refractivity contribution in [2.75, 3.05) is 13.2 Å². The number of aliphatic hydroxyl groups excluding tert-OH is 2. The Hall–Kier alpha value is -0.540. The molecule has 132 valence electrons. The van der Waals surface area contributed by atoms with Gasteiger partial charge in [-0.25, -0.2) is 0 Å². The first-order valence-electron chi connectivity index (χ1n) is 9.36. The highest BCUT2D eigenvalue weighted by Crippen LogP contribution is 2.12. The van der Waals surface area contributed by atoms with Gasteiger partial charge in [-0.1, -0.05) is 77.6 Å². The van der Waals surface area contributed by atoms with Gasteiger partial charge in [-0.15, -0.1) is 0 Å². The molecule has 0 aliphatic rings. The Morgan fingerprint density at radius 2 is 1.32 bits per heavy atom. The Balaban J connectivity index is 3.06. The molecule has 3 heteroatoms. The van der Waals surface area contributed by atoms with Crippen LogP contribution in [0.1, 0.15) is 90.4 Å². The minimum absolute atomic E-state index is 0.172. The van der Waals surface area contributed by atoms with E-state index in [1.165, 1.54) is 77.0 Å². The Kier molecular flexibility index (Phi) is 18.1. The molecule has 0 aromatic heterocycles. The van der Waals surface area contributed by atoms with Crippen LogP contribution in [0.4, 0.5) is 0 Å². The predicted molar refractivity (Wildman–Crippen MR) is 93.9 cm³/mol. The summed E-state index contributed by atoms with van der Waals surface area (Å²) in [6.45, 7) is 2.20. The largest absolute Gasteiger partial charge is 0.499 e. The first kappa shape index (κ1) is 21.5. The van der Waals surface area contributed by atoms with E-state index in [1.54, 1.807) is 6.26 Å². The van der Waals surface area contributed by atoms with Crippen LogP contribution in [-0.2, 0) is 4.74 Å². The fourth-order valence-corrected chi connectivity index (χ4v) is 2.46. The Morgan fingerprint density at radius 1 is 0.818 bits per heavy atom. The second-order valence-electron chi connectivity index (χ2n) is 6.22. The fourth-order valence-electron chi connectivity index (χ4n) is 2.46. The van der Waals surface area contributed by atoms with Crippen LogP contribution in [-0.4, -0.2) is 29.5 Å². The van der Waals surface area contributed by atoms with Crippen molar-refractivity contribution < 1.29 is 14.9 Å². The van der Waals surface area contributed by atoms with E-state index < -0.39 is 6.10 Å². The van der Waals surface area contributed by atoms with E-state index in [9.17, 15) is 0 Å². The lowest BCUT2D eigenvalue weighted by atomic mass is 10.0. The minimum atomic E-state index is -0.767. The lowest BCUT2D eigenvalue weighted by Gasteiger charge is -2.05. The number of hydrogen-bond acceptors (Lipinski definition) is 3. The maximum atomic E-state index is 9.06. The number of allylic oxidation sites excluding steroid dienone is 1. The zero-order valence-corrected chi connectivity index (χ0v) is 14.6. The molecule has 2 N–H and O–H groups in total. The molecule has 0 aromatic rings. The van der Waals surface area contributed by atoms with E-state index in [4.69, 9.17) is 14.9 Å². The monoisotopic (exact) mass is 314 g/mol. The van der Waals surface area contributed by atoms with E-state index >= 15 is 0 Å². The van der Waals surface area contributed by atoms with Gasteiger partial charge in [0.15, 0.2) is 0 Å². The van der Waals surface area contributed by atoms with Crippen molar-refractivity contribution >= 4 is 0 Å². The maximum absolute atomic E-state index is 9.06. The Labute approximate surface area is 137 Å². The molecule has 0 aliphatic heterocycles. The highest BCUT2D eigenvalue weighted by atomic mass is 16.5. The predicted octanol–water partition coefficient (Wildman–Crippen LogP) is 4.96. The van der Waals surface area contributed by atoms with E-state index in [-0.39, 0.29) is 13.2 Å². The molecular formula is C19H38O3. The molecular weight excluding hydrogens is 276 g/mol. The average molecular weight is 315 g/mol. The van der Waals surface area contributed by atoms with Crippen molar-refractivity contribution in [2.45, 2.75) is 96.5 Å². The van der Waals surface area contributed by atoms with E-state index in [2.05, 4.69) is 6.92 Å². The van der Waals surface area contributed by atoms with Crippen molar-refractivity contribution in [3.05, 3.63) is 12.3 Å². The highest BCUT2D eigenvalue weighted by molar-refractivity contribution is 4.73. The molecule has 0 saturated heterocycles. The first-order valence-corrected chi connectivity index (χ1v) is 9.36. The lowest BCUT2D eigenvalue weighted by Crippen LogP contribution is -2.17. The summed E-state index contributed by atoms with van der Waals surface area (Å²) in [6, 6.07) is 0. The van der Waals surface area contributed by atoms with Crippen LogP contribution in [0.25, 0.3) is 0 Å². The van der Waals surface area contributed by atoms with Gasteiger partial charge in [0.2, 0.25) is 0 Å². The molecule has 22 heavy (non-hydrogen) atoms. The summed E-state index contributed by atoms with van der Waals surface area (Å²) in [7, 11) is 0. The molecule has 0 unspecified atom stereocenters. The van der Waals surface area contributed by atoms with Crippen LogP contribution in [0.5, 0.6) is 0 Å². The second kappa shape index (κ2) is 18.5. The number of rotatable bonds is 17. The van der Waals surface area contributed by atoms with Gasteiger partial charge in [0.25, 0.3) is 0 Å². The Bertz CT molecular complexity index is 229. The molecule has 0 fully saturated rings. The number of unbranched alkanes of at least 4 members (excludes halogenated alkanes) is 12. The summed E-state index contributed by atoms with van der Waals surface area (Å²) in [5.74, 6) is 0. The summed E-state index contributed by atoms with van der Waals surface area (Å²) < 4.78 is 5.10. The molecule has 0 amide bonds. The van der Waals surface area contributed by atoms with Crippen molar-refractivity contribution in [2.24, 2.45) is 0 Å². The molecule has 0 rings (SSSR count). The topological polar surface area (TPSA) is 49.7 Å². The lowest BCUT2D eigenvalue weighted by molar-refractivity contribution is 0.0383. The SMILES string of the molecule is CCCCCCCCCCCCCC/C=C\OC[C@@H](O)CO. The number of aliphatic hydroxyl groups is 2. The second-order valence-corrected chi connectivity index (χ2v) is 6.22. The minimum Gasteiger partial charge on any atom is -0.499 e. The normalized spacial score (nSPS) is 12.9. The molecule has 0 heterocycles. The summed E-state index contributed by atoms with van der Waals surface area (Å²) >= 11 is 0. The van der Waals surface area contributed by atoms with Crippen molar-refractivity contribution in [3.63, 3.8) is 0 Å². The van der Waals surface area contributed by atoms with Gasteiger partial charge >= 0.3 is 0 Å². The van der Waals surface area contributed by atoms with Crippen molar-refractivity contribution in [1.29, 1.82) is 0 Å². The quantitative estimate of drug-likeness (QED) is 0.295. The highest BCUT2D eigenvalue weighted by Gasteiger charge is 1.98. The summed E-state index contributed by atoms with van der Waals surface area (Å²) in [4.78, 5) is 0. The van der Waals surface area contributed by atoms with E-state index in [1.807, 2.05) is 6.08 Å². The van der Waals surface area contributed by atoms with Crippen LogP contribution >= 0.6 is 0 Å². The van der Waals surface area contributed by atoms with Gasteiger partial charge in [0.05, 0.1) is 12.9 Å². The van der Waals surface area contributed by atoms with Gasteiger partial charge < -0.3 is 14.9 Å². The summed E-state index contributed by atoms with van der Waals surface area (Å²) in [6.07, 6.45) is 20.4. The molecule has 1 atom stereocenters. The molecule has 0 saturated carbocycles. The molecule has 0 aliphatic carbocycles. The molecule has 0 spiro atoms. The third-order valence-electron chi connectivity index (χ3n) is 3.92. The van der Waals surface area contributed by atoms with Crippen molar-refractivity contribution in [3.8, 4) is 0 Å². The molecule has 0 aromatic carbocycles. The van der Waals surface area contributed by atoms with Crippen LogP contribution in [0.15, 0.2) is 12.3 Å². The van der Waals surface area contributed by atoms with Gasteiger partial charge in [0.1, 0.15) is 12.7 Å². The van der Waals surface area contributed by atoms with Crippen LogP contribution in [0, 0.1) is 0 Å². The van der Waals surface area contributed by atoms with E-state index in [0.29, 0.717) is 0 Å². The zero-order chi connectivity index (χ0) is 16.3. The number of hydrogen-bond donors (Lipinski definition) is 2. The molecule has 0 bridgehead atoms. The average Bonchev–Trinajstić information content (AvgIpc) is 2.54. The summed E-state index contributed by atoms with van der Waals surface area (Å²) in [5.41, 5.74) is 0. The van der Waals surface area contributed by atoms with Crippen LogP contribution in [0.3, 0.4) is 0 Å². The van der Waals surface area contributed by atoms with Gasteiger partial charge in [-0.3, -0.25) is 0 Å². The molecule has 0 radical (unpaired) electrons. The molecule has 3 nitrogen and oxygen atoms in total. The Morgan fingerprint density at radius 3 is 1.82 bits per heavy atom. The van der Waals surface area contributed by atoms with Crippen LogP contribution in [0.2, 0.25) is 0 Å². The standard InChI is InChI=1S/C19H38O3/c1-2-3-4-5-6-7-8-9-10-11-12-13-14-15-16-22-18-19(21)17-20/h15-16,19-21H,2-14,17-18H2,1H3/b16-15-/t19-/m0/s1. The van der Waals surface area contributed by atoms with Gasteiger partial charge in [-0.05, 0) is 18.9 Å². The van der Waals surface area contributed by atoms with Crippen LogP contribution < -0.4 is 0 Å². The maximum Gasteiger partial charge on any atom is 0.115 e. The smallest absolute Gasteiger partial charge is 0.115 e. The fraction of sp³-hybridized carbons (Fsp3) is 0.895. The summed E-state index contributed by atoms with van der Waals surface area (Å²) in [5, 5.41) is 17.7. The zero-order valence-electron chi connectivity index (χ0n) is 14.6. The third kappa shape index (κ3) is 17.5. The number of ether oxygens (including phenoxy) is 1.